The van der Waals surface area contributed by atoms with Gasteiger partial charge >= 0.3 is 0 Å². The third kappa shape index (κ3) is 4.35. The number of aromatic nitrogens is 1. The number of hydrogen-bond acceptors (Lipinski definition) is 4. The van der Waals surface area contributed by atoms with Crippen LogP contribution in [-0.2, 0) is 6.42 Å². The summed E-state index contributed by atoms with van der Waals surface area (Å²) in [6.45, 7) is 8.92. The molecule has 0 bridgehead atoms. The summed E-state index contributed by atoms with van der Waals surface area (Å²) < 4.78 is 0. The Labute approximate surface area is 176 Å². The Hall–Kier alpha value is -2.27. The smallest absolute Gasteiger partial charge is 0.163 e. The van der Waals surface area contributed by atoms with Crippen LogP contribution >= 0.6 is 0 Å². The number of aryl methyl sites for hydroxylation is 2. The number of benzene rings is 1. The number of allylic oxidation sites excluding steroid dienone is 1. The van der Waals surface area contributed by atoms with E-state index in [4.69, 9.17) is 5.73 Å². The van der Waals surface area contributed by atoms with Crippen molar-refractivity contribution in [2.24, 2.45) is 11.1 Å². The number of nitrogens with zero attached hydrogens (tertiary/aromatic N) is 2. The lowest BCUT2D eigenvalue weighted by Gasteiger charge is -2.24. The molecule has 3 N–H and O–H groups in total. The third-order valence-electron chi connectivity index (χ3n) is 6.84. The van der Waals surface area contributed by atoms with E-state index in [2.05, 4.69) is 52.5 Å². The van der Waals surface area contributed by atoms with Crippen LogP contribution in [0.5, 0.6) is 0 Å². The van der Waals surface area contributed by atoms with Gasteiger partial charge in [0.25, 0.3) is 0 Å². The van der Waals surface area contributed by atoms with Crippen molar-refractivity contribution in [3.63, 3.8) is 0 Å². The molecule has 1 aromatic heterocycles. The van der Waals surface area contributed by atoms with E-state index in [-0.39, 0.29) is 0 Å². The number of hydrogen-bond donors (Lipinski definition) is 2. The standard InChI is InChI=1S/C24H33BN4/c1-17(23(26)21-9-10-22(25)28-18(21)2)3-4-19-5-7-20(8-6-19)29-14-12-24(16-29)11-13-27-15-24/h5-10,27H,3-4,11-16,25-26H2,1-2H3/b23-17-. The van der Waals surface area contributed by atoms with E-state index in [1.165, 1.54) is 55.8 Å². The zero-order chi connectivity index (χ0) is 20.4. The molecular weight excluding hydrogens is 355 g/mol. The Morgan fingerprint density at radius 2 is 2.00 bits per heavy atom. The Bertz CT molecular complexity index is 898. The highest BCUT2D eigenvalue weighted by atomic mass is 15.2. The normalized spacial score (nSPS) is 22.3. The number of nitrogens with two attached hydrogens (primary N) is 1. The monoisotopic (exact) mass is 388 g/mol. The van der Waals surface area contributed by atoms with Gasteiger partial charge in [-0.3, -0.25) is 4.98 Å². The van der Waals surface area contributed by atoms with Gasteiger partial charge < -0.3 is 16.0 Å². The summed E-state index contributed by atoms with van der Waals surface area (Å²) in [4.78, 5) is 7.11. The van der Waals surface area contributed by atoms with Gasteiger partial charge in [0.15, 0.2) is 7.85 Å². The minimum absolute atomic E-state index is 0.515. The molecule has 29 heavy (non-hydrogen) atoms. The van der Waals surface area contributed by atoms with Crippen LogP contribution in [0.15, 0.2) is 42.0 Å². The lowest BCUT2D eigenvalue weighted by atomic mass is 9.86. The maximum absolute atomic E-state index is 6.45. The zero-order valence-electron chi connectivity index (χ0n) is 18.1. The number of anilines is 1. The summed E-state index contributed by atoms with van der Waals surface area (Å²) >= 11 is 0. The fourth-order valence-corrected chi connectivity index (χ4v) is 4.84. The molecule has 2 aliphatic rings. The first-order chi connectivity index (χ1) is 14.0. The van der Waals surface area contributed by atoms with Crippen LogP contribution < -0.4 is 21.5 Å². The molecule has 4 rings (SSSR count). The molecule has 2 saturated heterocycles. The Morgan fingerprint density at radius 3 is 2.69 bits per heavy atom. The van der Waals surface area contributed by atoms with Crippen molar-refractivity contribution in [3.05, 3.63) is 58.8 Å². The van der Waals surface area contributed by atoms with Crippen molar-refractivity contribution < 1.29 is 0 Å². The molecule has 152 valence electrons. The Kier molecular flexibility index (Phi) is 5.68. The minimum atomic E-state index is 0.515. The molecule has 1 spiro atoms. The maximum Gasteiger partial charge on any atom is 0.163 e. The van der Waals surface area contributed by atoms with Gasteiger partial charge in [0, 0.05) is 47.7 Å². The van der Waals surface area contributed by atoms with E-state index in [9.17, 15) is 0 Å². The van der Waals surface area contributed by atoms with E-state index >= 15 is 0 Å². The molecule has 4 nitrogen and oxygen atoms in total. The topological polar surface area (TPSA) is 54.2 Å². The summed E-state index contributed by atoms with van der Waals surface area (Å²) in [7, 11) is 2.01. The van der Waals surface area contributed by atoms with E-state index in [1.807, 2.05) is 20.8 Å². The fourth-order valence-electron chi connectivity index (χ4n) is 4.84. The van der Waals surface area contributed by atoms with Crippen molar-refractivity contribution >= 4 is 24.8 Å². The molecule has 1 unspecified atom stereocenters. The summed E-state index contributed by atoms with van der Waals surface area (Å²) in [5.41, 5.74) is 14.9. The fraction of sp³-hybridized carbons (Fsp3) is 0.458. The van der Waals surface area contributed by atoms with Crippen molar-refractivity contribution in [1.82, 2.24) is 10.3 Å². The Balaban J connectivity index is 1.37. The van der Waals surface area contributed by atoms with Gasteiger partial charge in [-0.15, -0.1) is 0 Å². The van der Waals surface area contributed by atoms with Crippen molar-refractivity contribution in [3.8, 4) is 0 Å². The highest BCUT2D eigenvalue weighted by molar-refractivity contribution is 6.30. The van der Waals surface area contributed by atoms with Crippen molar-refractivity contribution in [2.75, 3.05) is 31.1 Å². The highest BCUT2D eigenvalue weighted by Crippen LogP contribution is 2.38. The first-order valence-electron chi connectivity index (χ1n) is 10.9. The second-order valence-corrected chi connectivity index (χ2v) is 9.04. The van der Waals surface area contributed by atoms with Gasteiger partial charge in [0.05, 0.1) is 0 Å². The lowest BCUT2D eigenvalue weighted by molar-refractivity contribution is 0.369. The van der Waals surface area contributed by atoms with Gasteiger partial charge in [0.1, 0.15) is 0 Å². The number of nitrogens with one attached hydrogen (secondary N) is 1. The molecule has 2 aliphatic heterocycles. The highest BCUT2D eigenvalue weighted by Gasteiger charge is 2.40. The van der Waals surface area contributed by atoms with E-state index < -0.39 is 0 Å². The van der Waals surface area contributed by atoms with Gasteiger partial charge in [-0.1, -0.05) is 24.3 Å². The molecule has 2 aromatic rings. The van der Waals surface area contributed by atoms with Gasteiger partial charge in [-0.05, 0) is 74.9 Å². The van der Waals surface area contributed by atoms with Crippen LogP contribution in [0.3, 0.4) is 0 Å². The minimum Gasteiger partial charge on any atom is -0.398 e. The quantitative estimate of drug-likeness (QED) is 0.771. The molecular formula is C24H33BN4. The molecule has 3 heterocycles. The van der Waals surface area contributed by atoms with Crippen LogP contribution in [-0.4, -0.2) is 39.0 Å². The Morgan fingerprint density at radius 1 is 1.21 bits per heavy atom. The summed E-state index contributed by atoms with van der Waals surface area (Å²) in [5, 5.41) is 3.55. The number of rotatable bonds is 5. The SMILES string of the molecule is Bc1ccc(/C(N)=C(\C)CCc2ccc(N3CCC4(CCNC4)C3)cc2)c(C)n1. The van der Waals surface area contributed by atoms with E-state index in [0.717, 1.165) is 35.4 Å². The van der Waals surface area contributed by atoms with Crippen LogP contribution in [0.4, 0.5) is 5.69 Å². The lowest BCUT2D eigenvalue weighted by Crippen LogP contribution is -2.29. The first kappa shape index (κ1) is 20.0. The molecule has 1 atom stereocenters. The number of pyridine rings is 1. The summed E-state index contributed by atoms with van der Waals surface area (Å²) in [6.07, 6.45) is 4.62. The van der Waals surface area contributed by atoms with Crippen LogP contribution in [0.2, 0.25) is 0 Å². The first-order valence-corrected chi connectivity index (χ1v) is 10.9. The van der Waals surface area contributed by atoms with Gasteiger partial charge in [0.2, 0.25) is 0 Å². The van der Waals surface area contributed by atoms with E-state index in [1.54, 1.807) is 0 Å². The maximum atomic E-state index is 6.45. The average molecular weight is 388 g/mol. The second-order valence-electron chi connectivity index (χ2n) is 9.04. The molecule has 0 radical (unpaired) electrons. The van der Waals surface area contributed by atoms with Crippen LogP contribution in [0.1, 0.15) is 43.0 Å². The van der Waals surface area contributed by atoms with Gasteiger partial charge in [-0.25, -0.2) is 0 Å². The molecule has 0 aliphatic carbocycles. The van der Waals surface area contributed by atoms with Crippen LogP contribution in [0.25, 0.3) is 5.70 Å². The van der Waals surface area contributed by atoms with Crippen molar-refractivity contribution in [2.45, 2.75) is 39.5 Å². The molecule has 0 amide bonds. The summed E-state index contributed by atoms with van der Waals surface area (Å²) in [6, 6.07) is 13.3. The van der Waals surface area contributed by atoms with Crippen LogP contribution in [0, 0.1) is 12.3 Å². The largest absolute Gasteiger partial charge is 0.398 e. The average Bonchev–Trinajstić information content (AvgIpc) is 3.36. The predicted molar refractivity (Wildman–Crippen MR) is 125 cm³/mol. The van der Waals surface area contributed by atoms with Gasteiger partial charge in [-0.2, -0.15) is 0 Å². The summed E-state index contributed by atoms with van der Waals surface area (Å²) in [5.74, 6) is 0. The second kappa shape index (κ2) is 8.23. The predicted octanol–water partition coefficient (Wildman–Crippen LogP) is 2.16. The van der Waals surface area contributed by atoms with Crippen molar-refractivity contribution in [1.29, 1.82) is 0 Å². The van der Waals surface area contributed by atoms with E-state index in [0.29, 0.717) is 5.41 Å². The molecule has 2 fully saturated rings. The third-order valence-corrected chi connectivity index (χ3v) is 6.84. The zero-order valence-corrected chi connectivity index (χ0v) is 18.1. The molecule has 1 aromatic carbocycles. The molecule has 0 saturated carbocycles. The molecule has 5 heteroatoms.